The SMILES string of the molecule is CCCC1CC(Nc2cccc(OCC(C)C)c2)CCO1. The lowest BCUT2D eigenvalue weighted by molar-refractivity contribution is 0.00598. The lowest BCUT2D eigenvalue weighted by Crippen LogP contribution is -2.33. The maximum atomic E-state index is 5.81. The topological polar surface area (TPSA) is 30.5 Å². The summed E-state index contributed by atoms with van der Waals surface area (Å²) in [5, 5.41) is 3.64. The normalized spacial score (nSPS) is 22.3. The van der Waals surface area contributed by atoms with Crippen molar-refractivity contribution in [2.24, 2.45) is 5.92 Å². The van der Waals surface area contributed by atoms with Gasteiger partial charge in [0.2, 0.25) is 0 Å². The molecule has 0 aromatic heterocycles. The van der Waals surface area contributed by atoms with Crippen molar-refractivity contribution in [2.45, 2.75) is 58.6 Å². The van der Waals surface area contributed by atoms with Crippen LogP contribution in [0.4, 0.5) is 5.69 Å². The third-order valence-corrected chi connectivity index (χ3v) is 3.77. The Bertz CT molecular complexity index is 417. The van der Waals surface area contributed by atoms with E-state index in [4.69, 9.17) is 9.47 Å². The van der Waals surface area contributed by atoms with Gasteiger partial charge in [0.05, 0.1) is 12.7 Å². The Balaban J connectivity index is 1.88. The maximum Gasteiger partial charge on any atom is 0.121 e. The molecule has 118 valence electrons. The smallest absolute Gasteiger partial charge is 0.121 e. The van der Waals surface area contributed by atoms with E-state index in [-0.39, 0.29) is 0 Å². The van der Waals surface area contributed by atoms with Gasteiger partial charge in [-0.15, -0.1) is 0 Å². The summed E-state index contributed by atoms with van der Waals surface area (Å²) in [5.41, 5.74) is 1.15. The summed E-state index contributed by atoms with van der Waals surface area (Å²) in [6.07, 6.45) is 4.95. The second kappa shape index (κ2) is 8.28. The molecule has 21 heavy (non-hydrogen) atoms. The summed E-state index contributed by atoms with van der Waals surface area (Å²) in [7, 11) is 0. The first kappa shape index (κ1) is 16.2. The van der Waals surface area contributed by atoms with E-state index in [1.54, 1.807) is 0 Å². The van der Waals surface area contributed by atoms with Crippen LogP contribution in [0, 0.1) is 5.92 Å². The van der Waals surface area contributed by atoms with E-state index in [1.807, 2.05) is 6.07 Å². The molecule has 1 aromatic rings. The number of nitrogens with one attached hydrogen (secondary N) is 1. The standard InChI is InChI=1S/C18H29NO2/c1-4-6-17-12-16(9-10-20-17)19-15-7-5-8-18(11-15)21-13-14(2)3/h5,7-8,11,14,16-17,19H,4,6,9-10,12-13H2,1-3H3. The van der Waals surface area contributed by atoms with Gasteiger partial charge in [-0.2, -0.15) is 0 Å². The Hall–Kier alpha value is -1.22. The van der Waals surface area contributed by atoms with E-state index in [0.717, 1.165) is 43.9 Å². The maximum absolute atomic E-state index is 5.81. The van der Waals surface area contributed by atoms with E-state index >= 15 is 0 Å². The summed E-state index contributed by atoms with van der Waals surface area (Å²) in [4.78, 5) is 0. The molecule has 0 radical (unpaired) electrons. The number of ether oxygens (including phenoxy) is 2. The zero-order chi connectivity index (χ0) is 15.1. The Morgan fingerprint density at radius 3 is 3.00 bits per heavy atom. The van der Waals surface area contributed by atoms with Crippen molar-refractivity contribution in [3.8, 4) is 5.75 Å². The minimum absolute atomic E-state index is 0.418. The van der Waals surface area contributed by atoms with Crippen LogP contribution in [-0.2, 0) is 4.74 Å². The van der Waals surface area contributed by atoms with Crippen molar-refractivity contribution in [3.63, 3.8) is 0 Å². The van der Waals surface area contributed by atoms with Crippen LogP contribution in [-0.4, -0.2) is 25.4 Å². The van der Waals surface area contributed by atoms with E-state index in [2.05, 4.69) is 44.3 Å². The van der Waals surface area contributed by atoms with Crippen LogP contribution in [0.1, 0.15) is 46.5 Å². The van der Waals surface area contributed by atoms with Crippen LogP contribution in [0.15, 0.2) is 24.3 Å². The summed E-state index contributed by atoms with van der Waals surface area (Å²) in [6.45, 7) is 8.18. The molecule has 0 bridgehead atoms. The zero-order valence-electron chi connectivity index (χ0n) is 13.6. The molecule has 1 aliphatic heterocycles. The molecule has 2 atom stereocenters. The minimum Gasteiger partial charge on any atom is -0.493 e. The van der Waals surface area contributed by atoms with E-state index in [0.29, 0.717) is 18.1 Å². The molecule has 0 spiro atoms. The summed E-state index contributed by atoms with van der Waals surface area (Å²) >= 11 is 0. The summed E-state index contributed by atoms with van der Waals surface area (Å²) in [5.74, 6) is 1.50. The minimum atomic E-state index is 0.418. The van der Waals surface area contributed by atoms with Crippen molar-refractivity contribution in [2.75, 3.05) is 18.5 Å². The van der Waals surface area contributed by atoms with Crippen LogP contribution in [0.25, 0.3) is 0 Å². The lowest BCUT2D eigenvalue weighted by atomic mass is 10.00. The van der Waals surface area contributed by atoms with Gasteiger partial charge in [0, 0.05) is 24.4 Å². The highest BCUT2D eigenvalue weighted by Gasteiger charge is 2.21. The second-order valence-corrected chi connectivity index (χ2v) is 6.38. The first-order valence-corrected chi connectivity index (χ1v) is 8.28. The molecule has 0 aliphatic carbocycles. The van der Waals surface area contributed by atoms with E-state index < -0.39 is 0 Å². The predicted octanol–water partition coefficient (Wildman–Crippen LogP) is 4.48. The zero-order valence-corrected chi connectivity index (χ0v) is 13.6. The van der Waals surface area contributed by atoms with Crippen LogP contribution in [0.5, 0.6) is 5.75 Å². The van der Waals surface area contributed by atoms with Crippen molar-refractivity contribution in [1.82, 2.24) is 0 Å². The molecule has 2 unspecified atom stereocenters. The third-order valence-electron chi connectivity index (χ3n) is 3.77. The highest BCUT2D eigenvalue weighted by molar-refractivity contribution is 5.48. The van der Waals surface area contributed by atoms with Crippen molar-refractivity contribution < 1.29 is 9.47 Å². The molecule has 1 fully saturated rings. The average Bonchev–Trinajstić information content (AvgIpc) is 2.46. The van der Waals surface area contributed by atoms with Gasteiger partial charge >= 0.3 is 0 Å². The quantitative estimate of drug-likeness (QED) is 0.803. The van der Waals surface area contributed by atoms with Gasteiger partial charge in [-0.1, -0.05) is 33.3 Å². The summed E-state index contributed by atoms with van der Waals surface area (Å²) in [6, 6.07) is 8.81. The molecule has 1 N–H and O–H groups in total. The molecule has 3 nitrogen and oxygen atoms in total. The summed E-state index contributed by atoms with van der Waals surface area (Å²) < 4.78 is 11.6. The number of anilines is 1. The fourth-order valence-corrected chi connectivity index (χ4v) is 2.71. The molecule has 1 aliphatic rings. The molecule has 0 amide bonds. The molecule has 2 rings (SSSR count). The lowest BCUT2D eigenvalue weighted by Gasteiger charge is -2.30. The highest BCUT2D eigenvalue weighted by atomic mass is 16.5. The Morgan fingerprint density at radius 2 is 2.24 bits per heavy atom. The van der Waals surface area contributed by atoms with Gasteiger partial charge < -0.3 is 14.8 Å². The average molecular weight is 291 g/mol. The first-order chi connectivity index (χ1) is 10.2. The molecular formula is C18H29NO2. The third kappa shape index (κ3) is 5.58. The fraction of sp³-hybridized carbons (Fsp3) is 0.667. The van der Waals surface area contributed by atoms with E-state index in [9.17, 15) is 0 Å². The van der Waals surface area contributed by atoms with Gasteiger partial charge in [-0.25, -0.2) is 0 Å². The van der Waals surface area contributed by atoms with Gasteiger partial charge in [-0.05, 0) is 37.3 Å². The molecule has 0 saturated carbocycles. The van der Waals surface area contributed by atoms with Crippen LogP contribution >= 0.6 is 0 Å². The first-order valence-electron chi connectivity index (χ1n) is 8.28. The Kier molecular flexibility index (Phi) is 6.37. The van der Waals surface area contributed by atoms with Crippen molar-refractivity contribution in [3.05, 3.63) is 24.3 Å². The van der Waals surface area contributed by atoms with Crippen LogP contribution in [0.3, 0.4) is 0 Å². The van der Waals surface area contributed by atoms with Gasteiger partial charge in [0.15, 0.2) is 0 Å². The fourth-order valence-electron chi connectivity index (χ4n) is 2.71. The number of benzene rings is 1. The monoisotopic (exact) mass is 291 g/mol. The molecular weight excluding hydrogens is 262 g/mol. The largest absolute Gasteiger partial charge is 0.493 e. The van der Waals surface area contributed by atoms with Crippen LogP contribution in [0.2, 0.25) is 0 Å². The van der Waals surface area contributed by atoms with Gasteiger partial charge in [-0.3, -0.25) is 0 Å². The van der Waals surface area contributed by atoms with E-state index in [1.165, 1.54) is 6.42 Å². The van der Waals surface area contributed by atoms with Gasteiger partial charge in [0.25, 0.3) is 0 Å². The Labute approximate surface area is 129 Å². The molecule has 1 heterocycles. The number of hydrogen-bond donors (Lipinski definition) is 1. The highest BCUT2D eigenvalue weighted by Crippen LogP contribution is 2.24. The van der Waals surface area contributed by atoms with Crippen molar-refractivity contribution in [1.29, 1.82) is 0 Å². The molecule has 1 aromatic carbocycles. The second-order valence-electron chi connectivity index (χ2n) is 6.38. The number of hydrogen-bond acceptors (Lipinski definition) is 3. The molecule has 3 heteroatoms. The van der Waals surface area contributed by atoms with Crippen molar-refractivity contribution >= 4 is 5.69 Å². The Morgan fingerprint density at radius 1 is 1.38 bits per heavy atom. The predicted molar refractivity (Wildman–Crippen MR) is 88.1 cm³/mol. The van der Waals surface area contributed by atoms with Gasteiger partial charge in [0.1, 0.15) is 5.75 Å². The number of rotatable bonds is 7. The van der Waals surface area contributed by atoms with Crippen LogP contribution < -0.4 is 10.1 Å². The molecule has 1 saturated heterocycles.